The van der Waals surface area contributed by atoms with E-state index in [1.165, 1.54) is 12.0 Å². The van der Waals surface area contributed by atoms with Crippen molar-refractivity contribution in [2.75, 3.05) is 7.11 Å². The highest BCUT2D eigenvalue weighted by Gasteiger charge is 2.40. The Kier molecular flexibility index (Phi) is 4.22. The summed E-state index contributed by atoms with van der Waals surface area (Å²) >= 11 is 0. The fraction of sp³-hybridized carbons (Fsp3) is 0.727. The van der Waals surface area contributed by atoms with Gasteiger partial charge in [-0.05, 0) is 20.8 Å². The summed E-state index contributed by atoms with van der Waals surface area (Å²) in [6.45, 7) is 5.16. The quantitative estimate of drug-likeness (QED) is 0.540. The van der Waals surface area contributed by atoms with E-state index >= 15 is 0 Å². The van der Waals surface area contributed by atoms with Crippen molar-refractivity contribution >= 4 is 17.8 Å². The van der Waals surface area contributed by atoms with E-state index in [1.807, 2.05) is 0 Å². The van der Waals surface area contributed by atoms with Crippen LogP contribution < -0.4 is 5.32 Å². The molecule has 1 fully saturated rings. The van der Waals surface area contributed by atoms with E-state index in [9.17, 15) is 14.4 Å². The molecule has 1 saturated heterocycles. The van der Waals surface area contributed by atoms with Gasteiger partial charge in [0.25, 0.3) is 0 Å². The second-order valence-corrected chi connectivity index (χ2v) is 4.36. The molecule has 1 aliphatic heterocycles. The van der Waals surface area contributed by atoms with Crippen molar-refractivity contribution in [2.45, 2.75) is 45.3 Å². The van der Waals surface area contributed by atoms with E-state index in [0.717, 1.165) is 0 Å². The van der Waals surface area contributed by atoms with Gasteiger partial charge in [-0.3, -0.25) is 24.6 Å². The molecule has 1 N–H and O–H groups in total. The van der Waals surface area contributed by atoms with Crippen molar-refractivity contribution in [3.8, 4) is 0 Å². The molecule has 0 aromatic rings. The Labute approximate surface area is 100 Å². The number of nitrogens with one attached hydrogen (secondary N) is 1. The molecule has 96 valence electrons. The molecule has 6 heteroatoms. The first-order chi connectivity index (χ1) is 7.88. The fourth-order valence-corrected chi connectivity index (χ4v) is 1.87. The van der Waals surface area contributed by atoms with E-state index in [-0.39, 0.29) is 24.3 Å². The molecule has 0 aromatic heterocycles. The number of hydrogen-bond donors (Lipinski definition) is 1. The lowest BCUT2D eigenvalue weighted by atomic mass is 10.2. The van der Waals surface area contributed by atoms with E-state index in [4.69, 9.17) is 0 Å². The zero-order valence-corrected chi connectivity index (χ0v) is 10.5. The van der Waals surface area contributed by atoms with Crippen molar-refractivity contribution < 1.29 is 19.1 Å². The molecule has 0 aliphatic carbocycles. The minimum Gasteiger partial charge on any atom is -0.468 e. The lowest BCUT2D eigenvalue weighted by molar-refractivity contribution is -0.143. The summed E-state index contributed by atoms with van der Waals surface area (Å²) in [5, 5.41) is 2.81. The first-order valence-electron chi connectivity index (χ1n) is 5.58. The molecule has 17 heavy (non-hydrogen) atoms. The monoisotopic (exact) mass is 242 g/mol. The number of imide groups is 1. The summed E-state index contributed by atoms with van der Waals surface area (Å²) < 4.78 is 4.55. The van der Waals surface area contributed by atoms with Crippen LogP contribution >= 0.6 is 0 Å². The fourth-order valence-electron chi connectivity index (χ4n) is 1.87. The average molecular weight is 242 g/mol. The molecule has 1 heterocycles. The molecule has 0 spiro atoms. The van der Waals surface area contributed by atoms with Crippen LogP contribution in [0.4, 0.5) is 0 Å². The number of amides is 2. The molecule has 0 saturated carbocycles. The van der Waals surface area contributed by atoms with E-state index in [1.54, 1.807) is 20.8 Å². The maximum Gasteiger partial charge on any atom is 0.322 e. The molecular formula is C11H18N2O4. The normalized spacial score (nSPS) is 22.2. The van der Waals surface area contributed by atoms with E-state index < -0.39 is 18.1 Å². The zero-order valence-electron chi connectivity index (χ0n) is 10.5. The molecule has 2 atom stereocenters. The van der Waals surface area contributed by atoms with Gasteiger partial charge in [-0.25, -0.2) is 0 Å². The number of rotatable bonds is 4. The van der Waals surface area contributed by atoms with Gasteiger partial charge in [0.1, 0.15) is 6.04 Å². The lowest BCUT2D eigenvalue weighted by Crippen LogP contribution is -2.47. The third-order valence-corrected chi connectivity index (χ3v) is 2.71. The van der Waals surface area contributed by atoms with Crippen LogP contribution in [-0.2, 0) is 19.1 Å². The topological polar surface area (TPSA) is 75.7 Å². The molecule has 0 radical (unpaired) electrons. The highest BCUT2D eigenvalue weighted by molar-refractivity contribution is 6.06. The predicted molar refractivity (Wildman–Crippen MR) is 60.0 cm³/mol. The van der Waals surface area contributed by atoms with Gasteiger partial charge in [0.15, 0.2) is 0 Å². The third-order valence-electron chi connectivity index (χ3n) is 2.71. The summed E-state index contributed by atoms with van der Waals surface area (Å²) in [6, 6.07) is -1.39. The Morgan fingerprint density at radius 1 is 1.41 bits per heavy atom. The van der Waals surface area contributed by atoms with Crippen LogP contribution in [0.5, 0.6) is 0 Å². The highest BCUT2D eigenvalue weighted by Crippen LogP contribution is 2.16. The van der Waals surface area contributed by atoms with Gasteiger partial charge in [0.2, 0.25) is 11.8 Å². The van der Waals surface area contributed by atoms with E-state index in [2.05, 4.69) is 10.1 Å². The Morgan fingerprint density at radius 3 is 2.41 bits per heavy atom. The SMILES string of the molecule is COC(=O)C(C)NC1CC(=O)N(C(C)C)C1=O. The summed E-state index contributed by atoms with van der Waals surface area (Å²) in [5.74, 6) is -0.937. The van der Waals surface area contributed by atoms with Crippen LogP contribution in [0.15, 0.2) is 0 Å². The Balaban J connectivity index is 2.67. The van der Waals surface area contributed by atoms with Crippen LogP contribution in [0.1, 0.15) is 27.2 Å². The van der Waals surface area contributed by atoms with Crippen molar-refractivity contribution in [2.24, 2.45) is 0 Å². The van der Waals surface area contributed by atoms with Gasteiger partial charge in [0, 0.05) is 6.04 Å². The molecule has 6 nitrogen and oxygen atoms in total. The smallest absolute Gasteiger partial charge is 0.322 e. The molecule has 1 aliphatic rings. The molecule has 2 amide bonds. The molecule has 0 aromatic carbocycles. The van der Waals surface area contributed by atoms with Gasteiger partial charge in [0.05, 0.1) is 19.6 Å². The minimum absolute atomic E-state index is 0.0956. The van der Waals surface area contributed by atoms with Crippen molar-refractivity contribution in [3.05, 3.63) is 0 Å². The summed E-state index contributed by atoms with van der Waals surface area (Å²) in [5.41, 5.74) is 0. The van der Waals surface area contributed by atoms with Gasteiger partial charge >= 0.3 is 5.97 Å². The minimum atomic E-state index is -0.626. The molecule has 2 unspecified atom stereocenters. The number of ether oxygens (including phenoxy) is 1. The largest absolute Gasteiger partial charge is 0.468 e. The molecular weight excluding hydrogens is 224 g/mol. The predicted octanol–water partition coefficient (Wildman–Crippen LogP) is -0.327. The second-order valence-electron chi connectivity index (χ2n) is 4.36. The van der Waals surface area contributed by atoms with Crippen LogP contribution in [0.25, 0.3) is 0 Å². The van der Waals surface area contributed by atoms with Gasteiger partial charge < -0.3 is 4.74 Å². The van der Waals surface area contributed by atoms with Crippen molar-refractivity contribution in [1.29, 1.82) is 0 Å². The Hall–Kier alpha value is -1.43. The third kappa shape index (κ3) is 2.82. The van der Waals surface area contributed by atoms with Gasteiger partial charge in [-0.2, -0.15) is 0 Å². The summed E-state index contributed by atoms with van der Waals surface area (Å²) in [4.78, 5) is 35.9. The number of nitrogens with zero attached hydrogens (tertiary/aromatic N) is 1. The molecule has 1 rings (SSSR count). The first-order valence-corrected chi connectivity index (χ1v) is 5.58. The number of esters is 1. The lowest BCUT2D eigenvalue weighted by Gasteiger charge is -2.20. The van der Waals surface area contributed by atoms with Gasteiger partial charge in [-0.15, -0.1) is 0 Å². The average Bonchev–Trinajstić information content (AvgIpc) is 2.52. The zero-order chi connectivity index (χ0) is 13.2. The summed E-state index contributed by atoms with van der Waals surface area (Å²) in [7, 11) is 1.28. The number of methoxy groups -OCH3 is 1. The molecule has 0 bridgehead atoms. The number of hydrogen-bond acceptors (Lipinski definition) is 5. The van der Waals surface area contributed by atoms with Crippen LogP contribution in [0, 0.1) is 0 Å². The Morgan fingerprint density at radius 2 is 2.00 bits per heavy atom. The highest BCUT2D eigenvalue weighted by atomic mass is 16.5. The standard InChI is InChI=1S/C11H18N2O4/c1-6(2)13-9(14)5-8(10(13)15)12-7(3)11(16)17-4/h6-8,12H,5H2,1-4H3. The first kappa shape index (κ1) is 13.6. The number of carbonyl (C=O) groups is 3. The van der Waals surface area contributed by atoms with Crippen LogP contribution in [0.3, 0.4) is 0 Å². The van der Waals surface area contributed by atoms with Crippen LogP contribution in [0.2, 0.25) is 0 Å². The van der Waals surface area contributed by atoms with Crippen LogP contribution in [-0.4, -0.2) is 47.9 Å². The van der Waals surface area contributed by atoms with Crippen molar-refractivity contribution in [1.82, 2.24) is 10.2 Å². The maximum atomic E-state index is 11.9. The maximum absolute atomic E-state index is 11.9. The number of likely N-dealkylation sites (tertiary alicyclic amines) is 1. The van der Waals surface area contributed by atoms with Gasteiger partial charge in [-0.1, -0.05) is 0 Å². The second kappa shape index (κ2) is 5.27. The Bertz CT molecular complexity index is 340. The van der Waals surface area contributed by atoms with E-state index in [0.29, 0.717) is 0 Å². The van der Waals surface area contributed by atoms with Crippen molar-refractivity contribution in [3.63, 3.8) is 0 Å². The number of carbonyl (C=O) groups excluding carboxylic acids is 3. The summed E-state index contributed by atoms with van der Waals surface area (Å²) in [6.07, 6.45) is 0.0956.